The van der Waals surface area contributed by atoms with Crippen molar-refractivity contribution in [3.63, 3.8) is 0 Å². The third-order valence-corrected chi connectivity index (χ3v) is 3.25. The van der Waals surface area contributed by atoms with Gasteiger partial charge in [-0.05, 0) is 5.56 Å². The molecule has 0 aliphatic carbocycles. The largest absolute Gasteiger partial charge is 0.394 e. The number of rotatable bonds is 6. The van der Waals surface area contributed by atoms with Crippen molar-refractivity contribution in [3.8, 4) is 0 Å². The van der Waals surface area contributed by atoms with Crippen LogP contribution < -0.4 is 0 Å². The molecule has 0 aromatic heterocycles. The average molecular weight is 268 g/mol. The van der Waals surface area contributed by atoms with Gasteiger partial charge in [0.1, 0.15) is 18.3 Å². The topological polar surface area (TPSA) is 57.2 Å². The Morgan fingerprint density at radius 3 is 2.37 bits per heavy atom. The van der Waals surface area contributed by atoms with E-state index in [0.29, 0.717) is 6.61 Å². The minimum atomic E-state index is -0.535. The summed E-state index contributed by atoms with van der Waals surface area (Å²) in [6, 6.07) is 9.82. The number of hydrogen-bond donors (Lipinski definition) is 1. The second-order valence-electron chi connectivity index (χ2n) is 4.42. The summed E-state index contributed by atoms with van der Waals surface area (Å²) in [6.07, 6.45) is -1.62. The molecule has 0 saturated carbocycles. The van der Waals surface area contributed by atoms with Gasteiger partial charge in [0.15, 0.2) is 6.29 Å². The molecule has 1 aliphatic rings. The first-order chi connectivity index (χ1) is 9.30. The summed E-state index contributed by atoms with van der Waals surface area (Å²) in [5.74, 6) is 0. The number of aliphatic hydroxyl groups excluding tert-OH is 1. The monoisotopic (exact) mass is 268 g/mol. The van der Waals surface area contributed by atoms with Crippen molar-refractivity contribution >= 4 is 0 Å². The van der Waals surface area contributed by atoms with Gasteiger partial charge in [-0.1, -0.05) is 30.3 Å². The van der Waals surface area contributed by atoms with E-state index >= 15 is 0 Å². The lowest BCUT2D eigenvalue weighted by Crippen LogP contribution is -2.37. The van der Waals surface area contributed by atoms with Gasteiger partial charge in [-0.15, -0.1) is 0 Å². The molecule has 1 aromatic rings. The molecule has 1 saturated heterocycles. The summed E-state index contributed by atoms with van der Waals surface area (Å²) in [4.78, 5) is 0. The predicted molar refractivity (Wildman–Crippen MR) is 68.6 cm³/mol. The maximum Gasteiger partial charge on any atom is 0.187 e. The number of benzene rings is 1. The van der Waals surface area contributed by atoms with Crippen LogP contribution in [-0.4, -0.2) is 50.5 Å². The molecule has 0 amide bonds. The molecule has 1 aromatic carbocycles. The third kappa shape index (κ3) is 3.32. The highest BCUT2D eigenvalue weighted by Crippen LogP contribution is 2.27. The number of aliphatic hydroxyl groups is 1. The molecular formula is C14H20O5. The Hall–Kier alpha value is -0.980. The molecule has 106 valence electrons. The maximum atomic E-state index is 9.27. The lowest BCUT2D eigenvalue weighted by molar-refractivity contribution is -0.181. The Balaban J connectivity index is 1.96. The number of hydrogen-bond acceptors (Lipinski definition) is 5. The van der Waals surface area contributed by atoms with Gasteiger partial charge in [0.25, 0.3) is 0 Å². The highest BCUT2D eigenvalue weighted by Gasteiger charge is 2.45. The molecule has 1 N–H and O–H groups in total. The molecule has 0 unspecified atom stereocenters. The lowest BCUT2D eigenvalue weighted by atomic mass is 10.1. The van der Waals surface area contributed by atoms with E-state index in [9.17, 15) is 5.11 Å². The minimum absolute atomic E-state index is 0.121. The van der Waals surface area contributed by atoms with Crippen molar-refractivity contribution in [2.24, 2.45) is 0 Å². The van der Waals surface area contributed by atoms with E-state index in [1.165, 1.54) is 0 Å². The van der Waals surface area contributed by atoms with E-state index in [-0.39, 0.29) is 18.8 Å². The molecule has 4 atom stereocenters. The summed E-state index contributed by atoms with van der Waals surface area (Å²) < 4.78 is 22.0. The Bertz CT molecular complexity index is 369. The SMILES string of the molecule is CO[C@@H]1[C@@H](OC)[C@H](OCc2ccccc2)O[C@@H]1CO. The zero-order valence-electron chi connectivity index (χ0n) is 11.2. The van der Waals surface area contributed by atoms with E-state index in [0.717, 1.165) is 5.56 Å². The number of ether oxygens (including phenoxy) is 4. The quantitative estimate of drug-likeness (QED) is 0.832. The molecule has 5 nitrogen and oxygen atoms in total. The highest BCUT2D eigenvalue weighted by atomic mass is 16.7. The van der Waals surface area contributed by atoms with E-state index in [4.69, 9.17) is 18.9 Å². The van der Waals surface area contributed by atoms with Gasteiger partial charge in [-0.25, -0.2) is 0 Å². The molecule has 1 heterocycles. The molecule has 1 aliphatic heterocycles. The van der Waals surface area contributed by atoms with Gasteiger partial charge in [-0.3, -0.25) is 0 Å². The van der Waals surface area contributed by atoms with Gasteiger partial charge in [0.05, 0.1) is 13.2 Å². The summed E-state index contributed by atoms with van der Waals surface area (Å²) in [6.45, 7) is 0.309. The zero-order valence-corrected chi connectivity index (χ0v) is 11.2. The van der Waals surface area contributed by atoms with E-state index in [2.05, 4.69) is 0 Å². The first-order valence-corrected chi connectivity index (χ1v) is 6.27. The van der Waals surface area contributed by atoms with Crippen LogP contribution >= 0.6 is 0 Å². The second kappa shape index (κ2) is 6.98. The minimum Gasteiger partial charge on any atom is -0.394 e. The molecule has 5 heteroatoms. The average Bonchev–Trinajstić information content (AvgIpc) is 2.82. The van der Waals surface area contributed by atoms with E-state index < -0.39 is 12.4 Å². The second-order valence-corrected chi connectivity index (χ2v) is 4.42. The first kappa shape index (κ1) is 14.4. The standard InChI is InChI=1S/C14H20O5/c1-16-12-11(8-15)19-14(13(12)17-2)18-9-10-6-4-3-5-7-10/h3-7,11-15H,8-9H2,1-2H3/t11-,12+,13-,14-/m1/s1. The molecule has 19 heavy (non-hydrogen) atoms. The third-order valence-electron chi connectivity index (χ3n) is 3.25. The van der Waals surface area contributed by atoms with Gasteiger partial charge < -0.3 is 24.1 Å². The van der Waals surface area contributed by atoms with Crippen molar-refractivity contribution in [3.05, 3.63) is 35.9 Å². The fraction of sp³-hybridized carbons (Fsp3) is 0.571. The lowest BCUT2D eigenvalue weighted by Gasteiger charge is -2.21. The maximum absolute atomic E-state index is 9.27. The van der Waals surface area contributed by atoms with Crippen LogP contribution in [0.3, 0.4) is 0 Å². The molecule has 2 rings (SSSR count). The van der Waals surface area contributed by atoms with Crippen LogP contribution in [0.1, 0.15) is 5.56 Å². The van der Waals surface area contributed by atoms with Gasteiger partial charge in [-0.2, -0.15) is 0 Å². The summed E-state index contributed by atoms with van der Waals surface area (Å²) in [5.41, 5.74) is 1.06. The van der Waals surface area contributed by atoms with Gasteiger partial charge >= 0.3 is 0 Å². The fourth-order valence-corrected chi connectivity index (χ4v) is 2.26. The van der Waals surface area contributed by atoms with Gasteiger partial charge in [0.2, 0.25) is 0 Å². The smallest absolute Gasteiger partial charge is 0.187 e. The molecule has 1 fully saturated rings. The van der Waals surface area contributed by atoms with Crippen molar-refractivity contribution in [1.82, 2.24) is 0 Å². The molecule has 0 spiro atoms. The van der Waals surface area contributed by atoms with Crippen LogP contribution in [0, 0.1) is 0 Å². The van der Waals surface area contributed by atoms with Crippen molar-refractivity contribution in [2.75, 3.05) is 20.8 Å². The molecule has 0 radical (unpaired) electrons. The van der Waals surface area contributed by atoms with Gasteiger partial charge in [0, 0.05) is 14.2 Å². The summed E-state index contributed by atoms with van der Waals surface area (Å²) in [7, 11) is 3.15. The van der Waals surface area contributed by atoms with Crippen molar-refractivity contribution in [1.29, 1.82) is 0 Å². The van der Waals surface area contributed by atoms with Crippen LogP contribution in [0.2, 0.25) is 0 Å². The van der Waals surface area contributed by atoms with Crippen LogP contribution in [0.5, 0.6) is 0 Å². The van der Waals surface area contributed by atoms with Crippen LogP contribution in [-0.2, 0) is 25.6 Å². The predicted octanol–water partition coefficient (Wildman–Crippen LogP) is 0.950. The highest BCUT2D eigenvalue weighted by molar-refractivity contribution is 5.13. The normalized spacial score (nSPS) is 30.7. The Morgan fingerprint density at radius 1 is 1.11 bits per heavy atom. The van der Waals surface area contributed by atoms with Crippen LogP contribution in [0.25, 0.3) is 0 Å². The van der Waals surface area contributed by atoms with Crippen LogP contribution in [0.15, 0.2) is 30.3 Å². The van der Waals surface area contributed by atoms with Crippen molar-refractivity contribution < 1.29 is 24.1 Å². The van der Waals surface area contributed by atoms with E-state index in [1.54, 1.807) is 14.2 Å². The van der Waals surface area contributed by atoms with Crippen LogP contribution in [0.4, 0.5) is 0 Å². The summed E-state index contributed by atoms with van der Waals surface area (Å²) in [5, 5.41) is 9.27. The van der Waals surface area contributed by atoms with E-state index in [1.807, 2.05) is 30.3 Å². The Kier molecular flexibility index (Phi) is 5.30. The Morgan fingerprint density at radius 2 is 1.79 bits per heavy atom. The number of methoxy groups -OCH3 is 2. The molecule has 0 bridgehead atoms. The van der Waals surface area contributed by atoms with Crippen molar-refractivity contribution in [2.45, 2.75) is 31.2 Å². The Labute approximate surface area is 113 Å². The first-order valence-electron chi connectivity index (χ1n) is 6.27. The summed E-state index contributed by atoms with van der Waals surface area (Å²) >= 11 is 0. The fourth-order valence-electron chi connectivity index (χ4n) is 2.26. The zero-order chi connectivity index (χ0) is 13.7. The molecular weight excluding hydrogens is 248 g/mol.